The number of benzene rings is 1. The van der Waals surface area contributed by atoms with Crippen LogP contribution in [0.2, 0.25) is 5.02 Å². The minimum absolute atomic E-state index is 0.168. The second-order valence-electron chi connectivity index (χ2n) is 4.24. The van der Waals surface area contributed by atoms with Crippen LogP contribution in [0.5, 0.6) is 0 Å². The van der Waals surface area contributed by atoms with Gasteiger partial charge in [0.25, 0.3) is 0 Å². The number of halogens is 2. The Balaban J connectivity index is 2.35. The highest BCUT2D eigenvalue weighted by Gasteiger charge is 2.39. The average Bonchev–Trinajstić information content (AvgIpc) is 2.64. The zero-order valence-corrected chi connectivity index (χ0v) is 11.1. The molecule has 1 aliphatic rings. The number of amides is 1. The molecule has 1 aromatic carbocycles. The summed E-state index contributed by atoms with van der Waals surface area (Å²) in [4.78, 5) is 13.0. The first kappa shape index (κ1) is 13.3. The summed E-state index contributed by atoms with van der Waals surface area (Å²) in [6.45, 7) is 1.61. The number of anilines is 1. The van der Waals surface area contributed by atoms with Crippen molar-refractivity contribution >= 4 is 33.4 Å². The van der Waals surface area contributed by atoms with E-state index in [9.17, 15) is 17.1 Å². The fourth-order valence-electron chi connectivity index (χ4n) is 1.97. The van der Waals surface area contributed by atoms with Crippen LogP contribution in [0.3, 0.4) is 0 Å². The lowest BCUT2D eigenvalue weighted by atomic mass is 10.2. The van der Waals surface area contributed by atoms with Gasteiger partial charge in [-0.05, 0) is 24.6 Å². The van der Waals surface area contributed by atoms with Gasteiger partial charge in [-0.25, -0.2) is 0 Å². The molecule has 0 aromatic heterocycles. The van der Waals surface area contributed by atoms with E-state index in [2.05, 4.69) is 0 Å². The predicted molar refractivity (Wildman–Crippen MR) is 67.0 cm³/mol. The monoisotopic (exact) mass is 291 g/mol. The number of nitrogens with zero attached hydrogens (tertiary/aromatic N) is 1. The van der Waals surface area contributed by atoms with Crippen LogP contribution in [0, 0.1) is 6.92 Å². The van der Waals surface area contributed by atoms with Gasteiger partial charge in [0.1, 0.15) is 5.25 Å². The van der Waals surface area contributed by atoms with Gasteiger partial charge in [0.15, 0.2) is 0 Å². The van der Waals surface area contributed by atoms with Gasteiger partial charge < -0.3 is 4.90 Å². The second kappa shape index (κ2) is 4.51. The van der Waals surface area contributed by atoms with Gasteiger partial charge in [-0.3, -0.25) is 4.79 Å². The molecule has 98 valence electrons. The Hall–Kier alpha value is -1.14. The van der Waals surface area contributed by atoms with Crippen LogP contribution in [0.1, 0.15) is 12.0 Å². The van der Waals surface area contributed by atoms with Crippen molar-refractivity contribution < 1.29 is 17.1 Å². The lowest BCUT2D eigenvalue weighted by Crippen LogP contribution is -2.27. The highest BCUT2D eigenvalue weighted by molar-refractivity contribution is 7.87. The molecule has 2 rings (SSSR count). The van der Waals surface area contributed by atoms with Crippen LogP contribution >= 0.6 is 11.6 Å². The molecule has 4 nitrogen and oxygen atoms in total. The first-order valence-electron chi connectivity index (χ1n) is 5.29. The third kappa shape index (κ3) is 2.49. The molecule has 1 fully saturated rings. The number of aryl methyl sites for hydroxylation is 1. The molecule has 0 saturated carbocycles. The van der Waals surface area contributed by atoms with E-state index in [-0.39, 0.29) is 13.0 Å². The Bertz CT molecular complexity index is 602. The minimum Gasteiger partial charge on any atom is -0.311 e. The molecule has 1 aliphatic heterocycles. The molecule has 0 spiro atoms. The molecule has 0 radical (unpaired) electrons. The molecule has 1 aromatic rings. The Morgan fingerprint density at radius 2 is 2.11 bits per heavy atom. The number of rotatable bonds is 2. The average molecular weight is 292 g/mol. The van der Waals surface area contributed by atoms with Crippen molar-refractivity contribution in [1.82, 2.24) is 0 Å². The van der Waals surface area contributed by atoms with Gasteiger partial charge in [0.05, 0.1) is 0 Å². The summed E-state index contributed by atoms with van der Waals surface area (Å²) in [5.74, 6) is -0.411. The van der Waals surface area contributed by atoms with Crippen LogP contribution in [0.25, 0.3) is 0 Å². The smallest absolute Gasteiger partial charge is 0.307 e. The van der Waals surface area contributed by atoms with Crippen molar-refractivity contribution in [2.75, 3.05) is 11.4 Å². The number of hydrogen-bond donors (Lipinski definition) is 0. The van der Waals surface area contributed by atoms with Crippen molar-refractivity contribution in [3.8, 4) is 0 Å². The van der Waals surface area contributed by atoms with E-state index in [1.54, 1.807) is 25.1 Å². The summed E-state index contributed by atoms with van der Waals surface area (Å²) in [6.07, 6.45) is -0.329. The van der Waals surface area contributed by atoms with Gasteiger partial charge in [-0.2, -0.15) is 8.42 Å². The standard InChI is InChI=1S/C11H11ClFNO3S/c1-7-2-3-8(12)4-10(7)14-6-9(5-11(14)15)18(13,16)17/h2-4,9H,5-6H2,1H3. The fraction of sp³-hybridized carbons (Fsp3) is 0.364. The van der Waals surface area contributed by atoms with Crippen LogP contribution in [0.4, 0.5) is 9.57 Å². The molecular weight excluding hydrogens is 281 g/mol. The summed E-state index contributed by atoms with van der Waals surface area (Å²) < 4.78 is 34.6. The lowest BCUT2D eigenvalue weighted by molar-refractivity contribution is -0.117. The van der Waals surface area contributed by atoms with Crippen LogP contribution in [-0.4, -0.2) is 26.1 Å². The van der Waals surface area contributed by atoms with Crippen LogP contribution in [-0.2, 0) is 15.0 Å². The minimum atomic E-state index is -4.69. The molecule has 7 heteroatoms. The zero-order valence-electron chi connectivity index (χ0n) is 9.56. The largest absolute Gasteiger partial charge is 0.311 e. The summed E-state index contributed by atoms with van der Waals surface area (Å²) in [7, 11) is -4.69. The molecule has 18 heavy (non-hydrogen) atoms. The SMILES string of the molecule is Cc1ccc(Cl)cc1N1CC(S(=O)(=O)F)CC1=O. The van der Waals surface area contributed by atoms with Crippen molar-refractivity contribution in [2.45, 2.75) is 18.6 Å². The predicted octanol–water partition coefficient (Wildman–Crippen LogP) is 2.05. The molecule has 1 heterocycles. The van der Waals surface area contributed by atoms with Gasteiger partial charge in [-0.1, -0.05) is 17.7 Å². The molecule has 1 unspecified atom stereocenters. The fourth-order valence-corrected chi connectivity index (χ4v) is 2.80. The first-order chi connectivity index (χ1) is 8.29. The van der Waals surface area contributed by atoms with E-state index in [4.69, 9.17) is 11.6 Å². The number of carbonyl (C=O) groups is 1. The van der Waals surface area contributed by atoms with Crippen LogP contribution < -0.4 is 4.90 Å². The molecule has 1 amide bonds. The van der Waals surface area contributed by atoms with Crippen molar-refractivity contribution in [2.24, 2.45) is 0 Å². The quantitative estimate of drug-likeness (QED) is 0.784. The third-order valence-corrected chi connectivity index (χ3v) is 4.30. The van der Waals surface area contributed by atoms with Gasteiger partial charge in [-0.15, -0.1) is 3.89 Å². The van der Waals surface area contributed by atoms with E-state index in [0.717, 1.165) is 5.56 Å². The molecular formula is C11H11ClFNO3S. The Labute approximate surface area is 110 Å². The Morgan fingerprint density at radius 1 is 1.44 bits per heavy atom. The molecule has 1 atom stereocenters. The van der Waals surface area contributed by atoms with Crippen molar-refractivity contribution in [3.63, 3.8) is 0 Å². The highest BCUT2D eigenvalue weighted by atomic mass is 35.5. The zero-order chi connectivity index (χ0) is 13.5. The molecule has 0 bridgehead atoms. The van der Waals surface area contributed by atoms with Crippen molar-refractivity contribution in [1.29, 1.82) is 0 Å². The molecule has 0 aliphatic carbocycles. The summed E-state index contributed by atoms with van der Waals surface area (Å²) in [5, 5.41) is -0.849. The lowest BCUT2D eigenvalue weighted by Gasteiger charge is -2.18. The maximum atomic E-state index is 12.9. The van der Waals surface area contributed by atoms with E-state index in [1.165, 1.54) is 4.90 Å². The van der Waals surface area contributed by atoms with E-state index >= 15 is 0 Å². The maximum absolute atomic E-state index is 12.9. The highest BCUT2D eigenvalue weighted by Crippen LogP contribution is 2.30. The topological polar surface area (TPSA) is 54.5 Å². The van der Waals surface area contributed by atoms with Gasteiger partial charge >= 0.3 is 10.2 Å². The first-order valence-corrected chi connectivity index (χ1v) is 7.11. The van der Waals surface area contributed by atoms with E-state index in [0.29, 0.717) is 10.7 Å². The normalized spacial score (nSPS) is 20.5. The van der Waals surface area contributed by atoms with Crippen LogP contribution in [0.15, 0.2) is 18.2 Å². The molecule has 0 N–H and O–H groups in total. The summed E-state index contributed by atoms with van der Waals surface area (Å²) in [6, 6.07) is 4.97. The Morgan fingerprint density at radius 3 is 2.67 bits per heavy atom. The number of carbonyl (C=O) groups excluding carboxylic acids is 1. The van der Waals surface area contributed by atoms with Crippen molar-refractivity contribution in [3.05, 3.63) is 28.8 Å². The van der Waals surface area contributed by atoms with E-state index in [1.807, 2.05) is 0 Å². The molecule has 1 saturated heterocycles. The van der Waals surface area contributed by atoms with E-state index < -0.39 is 21.4 Å². The number of hydrogen-bond acceptors (Lipinski definition) is 3. The second-order valence-corrected chi connectivity index (χ2v) is 6.29. The Kier molecular flexibility index (Phi) is 3.33. The van der Waals surface area contributed by atoms with Gasteiger partial charge in [0, 0.05) is 23.7 Å². The summed E-state index contributed by atoms with van der Waals surface area (Å²) >= 11 is 5.84. The third-order valence-electron chi connectivity index (χ3n) is 2.95. The van der Waals surface area contributed by atoms with Gasteiger partial charge in [0.2, 0.25) is 5.91 Å². The summed E-state index contributed by atoms with van der Waals surface area (Å²) in [5.41, 5.74) is 1.31. The maximum Gasteiger partial charge on any atom is 0.307 e.